The van der Waals surface area contributed by atoms with Gasteiger partial charge in [0.1, 0.15) is 0 Å². The van der Waals surface area contributed by atoms with Gasteiger partial charge in [-0.25, -0.2) is 12.7 Å². The van der Waals surface area contributed by atoms with Gasteiger partial charge in [0.25, 0.3) is 0 Å². The van der Waals surface area contributed by atoms with E-state index in [4.69, 9.17) is 5.73 Å². The number of nitrogens with two attached hydrogens (primary N) is 1. The number of benzene rings is 1. The molecule has 0 fully saturated rings. The van der Waals surface area contributed by atoms with Gasteiger partial charge < -0.3 is 11.1 Å². The first-order valence-corrected chi connectivity index (χ1v) is 7.87. The second-order valence-corrected chi connectivity index (χ2v) is 6.87. The Hall–Kier alpha value is -1.60. The second-order valence-electron chi connectivity index (χ2n) is 4.80. The number of hydrogen-bond acceptors (Lipinski definition) is 4. The van der Waals surface area contributed by atoms with E-state index in [9.17, 15) is 13.2 Å². The van der Waals surface area contributed by atoms with Gasteiger partial charge in [-0.2, -0.15) is 0 Å². The standard InChI is InChI=1S/C13H21N3O3S/c1-10(13(17)15-2)8-16(3)20(18,19)9-11-5-4-6-12(14)7-11/h4-7,10H,8-9,14H2,1-3H3,(H,15,17). The molecule has 0 aromatic heterocycles. The van der Waals surface area contributed by atoms with Crippen LogP contribution in [0.5, 0.6) is 0 Å². The van der Waals surface area contributed by atoms with E-state index in [1.807, 2.05) is 0 Å². The van der Waals surface area contributed by atoms with E-state index < -0.39 is 15.9 Å². The van der Waals surface area contributed by atoms with Gasteiger partial charge in [0.15, 0.2) is 0 Å². The number of nitrogens with zero attached hydrogens (tertiary/aromatic N) is 1. The van der Waals surface area contributed by atoms with Crippen LogP contribution in [0.2, 0.25) is 0 Å². The lowest BCUT2D eigenvalue weighted by Crippen LogP contribution is -2.37. The van der Waals surface area contributed by atoms with Crippen molar-refractivity contribution in [3.63, 3.8) is 0 Å². The van der Waals surface area contributed by atoms with Crippen molar-refractivity contribution in [1.29, 1.82) is 0 Å². The fourth-order valence-electron chi connectivity index (χ4n) is 1.83. The first-order chi connectivity index (χ1) is 9.26. The second kappa shape index (κ2) is 6.71. The number of nitrogens with one attached hydrogen (secondary N) is 1. The maximum Gasteiger partial charge on any atom is 0.223 e. The van der Waals surface area contributed by atoms with Crippen LogP contribution in [0.25, 0.3) is 0 Å². The molecular formula is C13H21N3O3S. The molecule has 1 aromatic rings. The third kappa shape index (κ3) is 4.50. The van der Waals surface area contributed by atoms with Crippen LogP contribution >= 0.6 is 0 Å². The van der Waals surface area contributed by atoms with Crippen LogP contribution in [-0.2, 0) is 20.6 Å². The molecule has 0 radical (unpaired) electrons. The van der Waals surface area contributed by atoms with E-state index in [0.29, 0.717) is 11.3 Å². The molecule has 0 saturated carbocycles. The quantitative estimate of drug-likeness (QED) is 0.744. The van der Waals surface area contributed by atoms with E-state index in [1.165, 1.54) is 18.4 Å². The van der Waals surface area contributed by atoms with Gasteiger partial charge in [-0.15, -0.1) is 0 Å². The number of amides is 1. The zero-order valence-corrected chi connectivity index (χ0v) is 12.8. The van der Waals surface area contributed by atoms with Crippen molar-refractivity contribution >= 4 is 21.6 Å². The van der Waals surface area contributed by atoms with Crippen molar-refractivity contribution in [3.05, 3.63) is 29.8 Å². The van der Waals surface area contributed by atoms with Crippen molar-refractivity contribution in [2.45, 2.75) is 12.7 Å². The van der Waals surface area contributed by atoms with Gasteiger partial charge in [-0.3, -0.25) is 4.79 Å². The summed E-state index contributed by atoms with van der Waals surface area (Å²) >= 11 is 0. The fraction of sp³-hybridized carbons (Fsp3) is 0.462. The molecule has 0 spiro atoms. The maximum atomic E-state index is 12.2. The van der Waals surface area contributed by atoms with Crippen LogP contribution in [0.15, 0.2) is 24.3 Å². The molecule has 1 aromatic carbocycles. The molecule has 1 amide bonds. The van der Waals surface area contributed by atoms with Crippen molar-refractivity contribution in [2.24, 2.45) is 5.92 Å². The minimum Gasteiger partial charge on any atom is -0.399 e. The van der Waals surface area contributed by atoms with Gasteiger partial charge in [-0.05, 0) is 17.7 Å². The van der Waals surface area contributed by atoms with Gasteiger partial charge in [-0.1, -0.05) is 19.1 Å². The monoisotopic (exact) mass is 299 g/mol. The van der Waals surface area contributed by atoms with Gasteiger partial charge >= 0.3 is 0 Å². The molecule has 0 heterocycles. The normalized spacial score (nSPS) is 13.2. The predicted octanol–water partition coefficient (Wildman–Crippen LogP) is 0.413. The molecule has 20 heavy (non-hydrogen) atoms. The lowest BCUT2D eigenvalue weighted by Gasteiger charge is -2.20. The van der Waals surface area contributed by atoms with Crippen LogP contribution in [0.4, 0.5) is 5.69 Å². The van der Waals surface area contributed by atoms with E-state index in [0.717, 1.165) is 0 Å². The number of rotatable bonds is 6. The molecule has 1 atom stereocenters. The Morgan fingerprint density at radius 1 is 1.45 bits per heavy atom. The number of carbonyl (C=O) groups excluding carboxylic acids is 1. The topological polar surface area (TPSA) is 92.5 Å². The third-order valence-corrected chi connectivity index (χ3v) is 4.80. The Bertz CT molecular complexity index is 572. The molecule has 1 rings (SSSR count). The number of sulfonamides is 1. The molecule has 0 bridgehead atoms. The van der Waals surface area contributed by atoms with Crippen LogP contribution in [-0.4, -0.2) is 39.3 Å². The summed E-state index contributed by atoms with van der Waals surface area (Å²) in [6.45, 7) is 1.83. The molecule has 3 N–H and O–H groups in total. The first-order valence-electron chi connectivity index (χ1n) is 6.26. The summed E-state index contributed by atoms with van der Waals surface area (Å²) in [5.41, 5.74) is 6.79. The summed E-state index contributed by atoms with van der Waals surface area (Å²) in [6, 6.07) is 6.76. The van der Waals surface area contributed by atoms with E-state index >= 15 is 0 Å². The summed E-state index contributed by atoms with van der Waals surface area (Å²) in [5, 5.41) is 2.50. The Morgan fingerprint density at radius 3 is 2.65 bits per heavy atom. The van der Waals surface area contributed by atoms with Crippen molar-refractivity contribution in [3.8, 4) is 0 Å². The Kier molecular flexibility index (Phi) is 5.52. The summed E-state index contributed by atoms with van der Waals surface area (Å²) in [6.07, 6.45) is 0. The first kappa shape index (κ1) is 16.5. The highest BCUT2D eigenvalue weighted by Crippen LogP contribution is 2.13. The lowest BCUT2D eigenvalue weighted by atomic mass is 10.2. The zero-order chi connectivity index (χ0) is 15.3. The van der Waals surface area contributed by atoms with Gasteiger partial charge in [0.05, 0.1) is 5.75 Å². The molecule has 6 nitrogen and oxygen atoms in total. The zero-order valence-electron chi connectivity index (χ0n) is 12.0. The smallest absolute Gasteiger partial charge is 0.223 e. The van der Waals surface area contributed by atoms with Crippen molar-refractivity contribution < 1.29 is 13.2 Å². The Labute approximate surface area is 120 Å². The molecule has 0 aliphatic carbocycles. The largest absolute Gasteiger partial charge is 0.399 e. The van der Waals surface area contributed by atoms with Gasteiger partial charge in [0.2, 0.25) is 15.9 Å². The van der Waals surface area contributed by atoms with E-state index in [-0.39, 0.29) is 18.2 Å². The molecule has 0 saturated heterocycles. The molecule has 112 valence electrons. The van der Waals surface area contributed by atoms with Gasteiger partial charge in [0, 0.05) is 32.2 Å². The lowest BCUT2D eigenvalue weighted by molar-refractivity contribution is -0.124. The average Bonchev–Trinajstić information content (AvgIpc) is 2.37. The third-order valence-electron chi connectivity index (χ3n) is 3.00. The number of carbonyl (C=O) groups is 1. The van der Waals surface area contributed by atoms with Crippen molar-refractivity contribution in [2.75, 3.05) is 26.4 Å². The minimum atomic E-state index is -3.47. The van der Waals surface area contributed by atoms with E-state index in [1.54, 1.807) is 31.2 Å². The Morgan fingerprint density at radius 2 is 2.10 bits per heavy atom. The Balaban J connectivity index is 2.75. The molecule has 1 unspecified atom stereocenters. The SMILES string of the molecule is CNC(=O)C(C)CN(C)S(=O)(=O)Cc1cccc(N)c1. The maximum absolute atomic E-state index is 12.2. The minimum absolute atomic E-state index is 0.130. The van der Waals surface area contributed by atoms with Crippen LogP contribution < -0.4 is 11.1 Å². The summed E-state index contributed by atoms with van der Waals surface area (Å²) in [7, 11) is -0.468. The summed E-state index contributed by atoms with van der Waals surface area (Å²) in [4.78, 5) is 11.4. The van der Waals surface area contributed by atoms with Crippen LogP contribution in [0.1, 0.15) is 12.5 Å². The highest BCUT2D eigenvalue weighted by atomic mass is 32.2. The average molecular weight is 299 g/mol. The molecular weight excluding hydrogens is 278 g/mol. The molecule has 0 aliphatic heterocycles. The summed E-state index contributed by atoms with van der Waals surface area (Å²) in [5.74, 6) is -0.716. The van der Waals surface area contributed by atoms with Crippen molar-refractivity contribution in [1.82, 2.24) is 9.62 Å². The summed E-state index contributed by atoms with van der Waals surface area (Å²) < 4.78 is 25.6. The number of anilines is 1. The van der Waals surface area contributed by atoms with Crippen LogP contribution in [0, 0.1) is 5.92 Å². The van der Waals surface area contributed by atoms with Crippen LogP contribution in [0.3, 0.4) is 0 Å². The predicted molar refractivity (Wildman–Crippen MR) is 79.3 cm³/mol. The fourth-order valence-corrected chi connectivity index (χ4v) is 3.10. The molecule has 7 heteroatoms. The number of nitrogen functional groups attached to an aromatic ring is 1. The highest BCUT2D eigenvalue weighted by Gasteiger charge is 2.23. The highest BCUT2D eigenvalue weighted by molar-refractivity contribution is 7.88. The van der Waals surface area contributed by atoms with E-state index in [2.05, 4.69) is 5.32 Å². The number of hydrogen-bond donors (Lipinski definition) is 2. The molecule has 0 aliphatic rings.